The molecule has 1 aliphatic heterocycles. The van der Waals surface area contributed by atoms with E-state index in [9.17, 15) is 18.0 Å². The molecule has 2 aromatic rings. The number of benzene rings is 2. The number of rotatable bonds is 9. The highest BCUT2D eigenvalue weighted by Gasteiger charge is 2.30. The summed E-state index contributed by atoms with van der Waals surface area (Å²) in [5.41, 5.74) is 2.18. The van der Waals surface area contributed by atoms with E-state index < -0.39 is 28.5 Å². The Hall–Kier alpha value is -3.27. The summed E-state index contributed by atoms with van der Waals surface area (Å²) in [4.78, 5) is 27.7. The van der Waals surface area contributed by atoms with Crippen LogP contribution in [0.15, 0.2) is 42.5 Å². The number of hydrogen-bond donors (Lipinski definition) is 1. The third-order valence-electron chi connectivity index (χ3n) is 5.56. The molecule has 9 nitrogen and oxygen atoms in total. The van der Waals surface area contributed by atoms with Crippen LogP contribution in [0.5, 0.6) is 11.5 Å². The highest BCUT2D eigenvalue weighted by molar-refractivity contribution is 7.92. The Morgan fingerprint density at radius 3 is 2.23 bits per heavy atom. The second-order valence-corrected chi connectivity index (χ2v) is 10.9. The first-order chi connectivity index (χ1) is 16.5. The molecular weight excluding hydrogens is 470 g/mol. The number of carbonyl (C=O) groups excluding carboxylic acids is 2. The van der Waals surface area contributed by atoms with Crippen LogP contribution in [0, 0.1) is 6.92 Å². The van der Waals surface area contributed by atoms with Gasteiger partial charge in [-0.15, -0.1) is 0 Å². The molecule has 0 unspecified atom stereocenters. The van der Waals surface area contributed by atoms with Gasteiger partial charge in [-0.3, -0.25) is 13.9 Å². The molecular formula is C25H33N3O6S. The number of ether oxygens (including phenoxy) is 2. The molecule has 190 valence electrons. The Kier molecular flexibility index (Phi) is 8.26. The Bertz CT molecular complexity index is 1160. The third kappa shape index (κ3) is 6.88. The molecule has 1 atom stereocenters. The second kappa shape index (κ2) is 11.0. The Labute approximate surface area is 207 Å². The van der Waals surface area contributed by atoms with E-state index in [0.717, 1.165) is 21.7 Å². The summed E-state index contributed by atoms with van der Waals surface area (Å²) < 4.78 is 37.5. The minimum absolute atomic E-state index is 0.105. The van der Waals surface area contributed by atoms with E-state index in [1.54, 1.807) is 25.1 Å². The lowest BCUT2D eigenvalue weighted by Crippen LogP contribution is -2.52. The fraction of sp³-hybridized carbons (Fsp3) is 0.440. The van der Waals surface area contributed by atoms with Gasteiger partial charge in [0.1, 0.15) is 25.8 Å². The van der Waals surface area contributed by atoms with Crippen LogP contribution in [0.2, 0.25) is 0 Å². The summed E-state index contributed by atoms with van der Waals surface area (Å²) >= 11 is 0. The van der Waals surface area contributed by atoms with Crippen molar-refractivity contribution in [1.82, 2.24) is 10.2 Å². The van der Waals surface area contributed by atoms with Gasteiger partial charge in [-0.25, -0.2) is 8.42 Å². The molecule has 10 heteroatoms. The van der Waals surface area contributed by atoms with Gasteiger partial charge in [0, 0.05) is 18.7 Å². The summed E-state index contributed by atoms with van der Waals surface area (Å²) in [5.74, 6) is 0.110. The van der Waals surface area contributed by atoms with Gasteiger partial charge in [0.2, 0.25) is 21.8 Å². The molecule has 0 aliphatic carbocycles. The monoisotopic (exact) mass is 503 g/mol. The van der Waals surface area contributed by atoms with E-state index in [-0.39, 0.29) is 24.2 Å². The fourth-order valence-corrected chi connectivity index (χ4v) is 4.52. The number of nitrogens with zero attached hydrogens (tertiary/aromatic N) is 2. The van der Waals surface area contributed by atoms with Crippen LogP contribution in [-0.4, -0.2) is 63.2 Å². The first-order valence-corrected chi connectivity index (χ1v) is 13.3. The topological polar surface area (TPSA) is 105 Å². The number of fused-ring (bicyclic) bond motifs is 1. The molecule has 0 fully saturated rings. The van der Waals surface area contributed by atoms with Gasteiger partial charge in [-0.2, -0.15) is 0 Å². The minimum atomic E-state index is -3.83. The van der Waals surface area contributed by atoms with Gasteiger partial charge in [0.25, 0.3) is 0 Å². The van der Waals surface area contributed by atoms with Crippen LogP contribution >= 0.6 is 0 Å². The summed E-state index contributed by atoms with van der Waals surface area (Å²) in [5, 5.41) is 2.83. The number of amides is 2. The smallest absolute Gasteiger partial charge is 0.244 e. The number of nitrogens with one attached hydrogen (secondary N) is 1. The quantitative estimate of drug-likeness (QED) is 0.564. The maximum atomic E-state index is 13.5. The van der Waals surface area contributed by atoms with Crippen LogP contribution in [-0.2, 0) is 26.2 Å². The highest BCUT2D eigenvalue weighted by atomic mass is 32.2. The van der Waals surface area contributed by atoms with Gasteiger partial charge in [-0.1, -0.05) is 29.8 Å². The predicted molar refractivity (Wildman–Crippen MR) is 134 cm³/mol. The minimum Gasteiger partial charge on any atom is -0.486 e. The molecule has 1 aliphatic rings. The predicted octanol–water partition coefficient (Wildman–Crippen LogP) is 2.47. The van der Waals surface area contributed by atoms with Crippen molar-refractivity contribution in [2.75, 3.05) is 30.3 Å². The zero-order chi connectivity index (χ0) is 25.8. The van der Waals surface area contributed by atoms with E-state index in [2.05, 4.69) is 5.32 Å². The zero-order valence-electron chi connectivity index (χ0n) is 20.8. The summed E-state index contributed by atoms with van der Waals surface area (Å²) in [6.07, 6.45) is 1.04. The zero-order valence-corrected chi connectivity index (χ0v) is 21.6. The summed E-state index contributed by atoms with van der Waals surface area (Å²) in [6.45, 7) is 7.72. The van der Waals surface area contributed by atoms with Crippen molar-refractivity contribution in [1.29, 1.82) is 0 Å². The molecule has 1 heterocycles. The van der Waals surface area contributed by atoms with Gasteiger partial charge in [0.05, 0.1) is 11.9 Å². The van der Waals surface area contributed by atoms with E-state index in [1.807, 2.05) is 45.0 Å². The third-order valence-corrected chi connectivity index (χ3v) is 6.71. The van der Waals surface area contributed by atoms with Crippen LogP contribution in [0.3, 0.4) is 0 Å². The van der Waals surface area contributed by atoms with Gasteiger partial charge in [-0.05, 0) is 45.4 Å². The first kappa shape index (κ1) is 26.3. The van der Waals surface area contributed by atoms with E-state index >= 15 is 0 Å². The van der Waals surface area contributed by atoms with E-state index in [1.165, 1.54) is 4.90 Å². The maximum Gasteiger partial charge on any atom is 0.244 e. The number of sulfonamides is 1. The first-order valence-electron chi connectivity index (χ1n) is 11.5. The van der Waals surface area contributed by atoms with Crippen LogP contribution in [0.1, 0.15) is 31.9 Å². The lowest BCUT2D eigenvalue weighted by molar-refractivity contribution is -0.139. The van der Waals surface area contributed by atoms with Crippen molar-refractivity contribution < 1.29 is 27.5 Å². The molecule has 0 bridgehead atoms. The van der Waals surface area contributed by atoms with Crippen molar-refractivity contribution in [2.45, 2.75) is 46.3 Å². The lowest BCUT2D eigenvalue weighted by atomic mass is 10.1. The van der Waals surface area contributed by atoms with Gasteiger partial charge >= 0.3 is 0 Å². The van der Waals surface area contributed by atoms with Crippen molar-refractivity contribution in [2.24, 2.45) is 0 Å². The number of anilines is 1. The van der Waals surface area contributed by atoms with E-state index in [0.29, 0.717) is 24.7 Å². The van der Waals surface area contributed by atoms with Crippen LogP contribution in [0.4, 0.5) is 5.69 Å². The van der Waals surface area contributed by atoms with E-state index in [4.69, 9.17) is 9.47 Å². The highest BCUT2D eigenvalue weighted by Crippen LogP contribution is 2.34. The van der Waals surface area contributed by atoms with Crippen molar-refractivity contribution in [3.8, 4) is 11.5 Å². The average molecular weight is 504 g/mol. The fourth-order valence-electron chi connectivity index (χ4n) is 3.68. The standard InChI is InChI=1S/C25H33N3O6S/c1-17(2)26-25(30)19(4)27(15-20-8-6-18(3)7-9-20)24(29)16-28(35(5,31)32)21-10-11-22-23(14-21)34-13-12-33-22/h6-11,14,17,19H,12-13,15-16H2,1-5H3,(H,26,30)/t19-/m0/s1. The van der Waals surface area contributed by atoms with Gasteiger partial charge < -0.3 is 19.7 Å². The molecule has 2 amide bonds. The number of hydrogen-bond acceptors (Lipinski definition) is 6. The van der Waals surface area contributed by atoms with Crippen molar-refractivity contribution >= 4 is 27.5 Å². The molecule has 0 radical (unpaired) electrons. The molecule has 0 spiro atoms. The largest absolute Gasteiger partial charge is 0.486 e. The summed E-state index contributed by atoms with van der Waals surface area (Å²) in [7, 11) is -3.83. The molecule has 3 rings (SSSR count). The number of aryl methyl sites for hydroxylation is 1. The average Bonchev–Trinajstić information content (AvgIpc) is 2.80. The molecule has 0 saturated heterocycles. The SMILES string of the molecule is Cc1ccc(CN(C(=O)CN(c2ccc3c(c2)OCCO3)S(C)(=O)=O)[C@@H](C)C(=O)NC(C)C)cc1. The molecule has 0 aromatic heterocycles. The van der Waals surface area contributed by atoms with Gasteiger partial charge in [0.15, 0.2) is 11.5 Å². The summed E-state index contributed by atoms with van der Waals surface area (Å²) in [6, 6.07) is 11.4. The van der Waals surface area contributed by atoms with Crippen molar-refractivity contribution in [3.05, 3.63) is 53.6 Å². The van der Waals surface area contributed by atoms with Crippen LogP contribution in [0.25, 0.3) is 0 Å². The molecule has 2 aromatic carbocycles. The molecule has 35 heavy (non-hydrogen) atoms. The normalized spacial score (nSPS) is 13.8. The maximum absolute atomic E-state index is 13.5. The lowest BCUT2D eigenvalue weighted by Gasteiger charge is -2.32. The van der Waals surface area contributed by atoms with Crippen molar-refractivity contribution in [3.63, 3.8) is 0 Å². The number of carbonyl (C=O) groups is 2. The van der Waals surface area contributed by atoms with Crippen LogP contribution < -0.4 is 19.1 Å². The molecule has 0 saturated carbocycles. The molecule has 1 N–H and O–H groups in total. The second-order valence-electron chi connectivity index (χ2n) is 8.94. The Morgan fingerprint density at radius 2 is 1.63 bits per heavy atom. The Morgan fingerprint density at radius 1 is 1.00 bits per heavy atom. The Balaban J connectivity index is 1.91.